The summed E-state index contributed by atoms with van der Waals surface area (Å²) in [6, 6.07) is 29.0. The molecule has 0 aliphatic carbocycles. The lowest BCUT2D eigenvalue weighted by Crippen LogP contribution is -1.99. The molecule has 1 aromatic heterocycles. The average molecular weight is 617 g/mol. The van der Waals surface area contributed by atoms with Gasteiger partial charge < -0.3 is 0 Å². The summed E-state index contributed by atoms with van der Waals surface area (Å²) in [7, 11) is 0. The Balaban J connectivity index is 1.49. The van der Waals surface area contributed by atoms with Crippen LogP contribution in [-0.2, 0) is 0 Å². The van der Waals surface area contributed by atoms with Crippen LogP contribution in [0.3, 0.4) is 0 Å². The molecule has 2 nitrogen and oxygen atoms in total. The van der Waals surface area contributed by atoms with Crippen LogP contribution in [0.1, 0.15) is 0 Å². The van der Waals surface area contributed by atoms with Gasteiger partial charge in [0.25, 0.3) is 0 Å². The molecule has 11 heteroatoms. The Morgan fingerprint density at radius 3 is 1.80 bits per heavy atom. The van der Waals surface area contributed by atoms with Crippen LogP contribution in [0.4, 0.5) is 26.3 Å². The van der Waals surface area contributed by atoms with Crippen molar-refractivity contribution in [2.24, 2.45) is 0 Å². The number of rotatable bonds is 7. The molecule has 0 aliphatic heterocycles. The Morgan fingerprint density at radius 2 is 1.12 bits per heavy atom. The standard InChI is InChI=1S/C30H18F6N2S3/c31-29(32,33)40-21-12-10-20(11-13-21)23-8-4-5-9-25(23)26-16-17-37-28(38-26)39-27-18-22(41-30(34,35)36)14-15-24(27)19-6-2-1-3-7-19/h1-18H. The van der Waals surface area contributed by atoms with Crippen LogP contribution >= 0.6 is 35.3 Å². The largest absolute Gasteiger partial charge is 0.446 e. The minimum absolute atomic E-state index is 0.0494. The molecule has 0 spiro atoms. The van der Waals surface area contributed by atoms with Gasteiger partial charge in [-0.3, -0.25) is 0 Å². The number of hydrogen-bond acceptors (Lipinski definition) is 5. The van der Waals surface area contributed by atoms with E-state index in [1.54, 1.807) is 30.5 Å². The van der Waals surface area contributed by atoms with Crippen molar-refractivity contribution in [1.29, 1.82) is 0 Å². The fourth-order valence-electron chi connectivity index (χ4n) is 4.07. The van der Waals surface area contributed by atoms with Crippen molar-refractivity contribution in [1.82, 2.24) is 9.97 Å². The number of benzene rings is 4. The molecule has 208 valence electrons. The van der Waals surface area contributed by atoms with Crippen molar-refractivity contribution in [3.63, 3.8) is 0 Å². The third kappa shape index (κ3) is 7.87. The number of alkyl halides is 6. The molecule has 0 unspecified atom stereocenters. The number of nitrogens with zero attached hydrogens (tertiary/aromatic N) is 2. The zero-order chi connectivity index (χ0) is 29.0. The van der Waals surface area contributed by atoms with Gasteiger partial charge in [-0.1, -0.05) is 72.8 Å². The van der Waals surface area contributed by atoms with Crippen LogP contribution in [0.15, 0.2) is 129 Å². The first-order chi connectivity index (χ1) is 19.5. The highest BCUT2D eigenvalue weighted by Gasteiger charge is 2.30. The van der Waals surface area contributed by atoms with E-state index in [0.29, 0.717) is 21.3 Å². The van der Waals surface area contributed by atoms with Crippen LogP contribution in [0, 0.1) is 0 Å². The minimum Gasteiger partial charge on any atom is -0.231 e. The van der Waals surface area contributed by atoms with Crippen LogP contribution in [-0.4, -0.2) is 21.0 Å². The highest BCUT2D eigenvalue weighted by atomic mass is 32.2. The molecular formula is C30H18F6N2S3. The van der Waals surface area contributed by atoms with Gasteiger partial charge in [0.05, 0.1) is 5.69 Å². The normalized spacial score (nSPS) is 12.0. The van der Waals surface area contributed by atoms with Gasteiger partial charge in [0.15, 0.2) is 5.16 Å². The molecule has 5 rings (SSSR count). The monoisotopic (exact) mass is 616 g/mol. The fourth-order valence-corrected chi connectivity index (χ4v) is 6.20. The van der Waals surface area contributed by atoms with E-state index in [4.69, 9.17) is 4.98 Å². The first-order valence-corrected chi connectivity index (χ1v) is 14.4. The zero-order valence-electron chi connectivity index (χ0n) is 20.8. The molecule has 1 heterocycles. The van der Waals surface area contributed by atoms with Crippen molar-refractivity contribution in [3.8, 4) is 33.5 Å². The van der Waals surface area contributed by atoms with Gasteiger partial charge in [-0.2, -0.15) is 26.3 Å². The van der Waals surface area contributed by atoms with Crippen molar-refractivity contribution >= 4 is 35.3 Å². The first-order valence-electron chi connectivity index (χ1n) is 12.0. The number of hydrogen-bond donors (Lipinski definition) is 0. The van der Waals surface area contributed by atoms with Crippen molar-refractivity contribution < 1.29 is 26.3 Å². The van der Waals surface area contributed by atoms with E-state index in [2.05, 4.69) is 4.98 Å². The lowest BCUT2D eigenvalue weighted by molar-refractivity contribution is -0.0337. The lowest BCUT2D eigenvalue weighted by Gasteiger charge is -2.13. The second-order valence-corrected chi connectivity index (χ2v) is 11.8. The third-order valence-corrected chi connectivity index (χ3v) is 8.11. The van der Waals surface area contributed by atoms with Gasteiger partial charge in [-0.05, 0) is 87.9 Å². The van der Waals surface area contributed by atoms with E-state index in [0.717, 1.165) is 34.0 Å². The molecule has 0 atom stereocenters. The maximum Gasteiger partial charge on any atom is 0.446 e. The smallest absolute Gasteiger partial charge is 0.231 e. The van der Waals surface area contributed by atoms with Crippen LogP contribution in [0.2, 0.25) is 0 Å². The summed E-state index contributed by atoms with van der Waals surface area (Å²) in [5.74, 6) is 0. The maximum atomic E-state index is 13.1. The molecule has 0 bridgehead atoms. The Hall–Kier alpha value is -3.41. The predicted molar refractivity (Wildman–Crippen MR) is 153 cm³/mol. The number of aromatic nitrogens is 2. The van der Waals surface area contributed by atoms with E-state index in [1.165, 1.54) is 24.3 Å². The predicted octanol–water partition coefficient (Wildman–Crippen LogP) is 10.9. The molecule has 0 saturated heterocycles. The second kappa shape index (κ2) is 12.2. The molecule has 0 fully saturated rings. The lowest BCUT2D eigenvalue weighted by atomic mass is 9.98. The van der Waals surface area contributed by atoms with E-state index in [1.807, 2.05) is 54.6 Å². The van der Waals surface area contributed by atoms with E-state index >= 15 is 0 Å². The molecule has 0 radical (unpaired) electrons. The fraction of sp³-hybridized carbons (Fsp3) is 0.0667. The molecule has 5 aromatic rings. The van der Waals surface area contributed by atoms with Crippen LogP contribution in [0.25, 0.3) is 33.5 Å². The summed E-state index contributed by atoms with van der Waals surface area (Å²) < 4.78 is 77.6. The van der Waals surface area contributed by atoms with Gasteiger partial charge in [0.1, 0.15) is 0 Å². The van der Waals surface area contributed by atoms with E-state index in [-0.39, 0.29) is 33.3 Å². The van der Waals surface area contributed by atoms with Crippen LogP contribution < -0.4 is 0 Å². The molecule has 0 aliphatic rings. The Kier molecular flexibility index (Phi) is 8.67. The quantitative estimate of drug-likeness (QED) is 0.103. The summed E-state index contributed by atoms with van der Waals surface area (Å²) in [5.41, 5.74) is -4.45. The van der Waals surface area contributed by atoms with Gasteiger partial charge in [0, 0.05) is 26.4 Å². The molecule has 41 heavy (non-hydrogen) atoms. The summed E-state index contributed by atoms with van der Waals surface area (Å²) in [4.78, 5) is 9.76. The Bertz CT molecular complexity index is 1640. The second-order valence-electron chi connectivity index (χ2n) is 8.52. The van der Waals surface area contributed by atoms with Crippen molar-refractivity contribution in [3.05, 3.63) is 109 Å². The third-order valence-electron chi connectivity index (χ3n) is 5.71. The number of thioether (sulfide) groups is 2. The van der Waals surface area contributed by atoms with Gasteiger partial charge >= 0.3 is 11.0 Å². The Labute approximate surface area is 244 Å². The zero-order valence-corrected chi connectivity index (χ0v) is 23.2. The summed E-state index contributed by atoms with van der Waals surface area (Å²) >= 11 is 0.794. The summed E-state index contributed by atoms with van der Waals surface area (Å²) in [6.07, 6.45) is 1.57. The van der Waals surface area contributed by atoms with Crippen LogP contribution in [0.5, 0.6) is 0 Å². The SMILES string of the molecule is FC(F)(F)Sc1ccc(-c2ccccc2-c2ccnc(Sc3cc(SC(F)(F)F)ccc3-c3ccccc3)n2)cc1. The highest BCUT2D eigenvalue weighted by molar-refractivity contribution is 8.00. The molecule has 0 saturated carbocycles. The molecule has 0 amide bonds. The van der Waals surface area contributed by atoms with E-state index < -0.39 is 11.0 Å². The summed E-state index contributed by atoms with van der Waals surface area (Å²) in [6.45, 7) is 0. The van der Waals surface area contributed by atoms with Crippen molar-refractivity contribution in [2.75, 3.05) is 0 Å². The molecule has 0 N–H and O–H groups in total. The minimum atomic E-state index is -4.43. The van der Waals surface area contributed by atoms with Gasteiger partial charge in [-0.25, -0.2) is 9.97 Å². The molecular weight excluding hydrogens is 599 g/mol. The Morgan fingerprint density at radius 1 is 0.537 bits per heavy atom. The van der Waals surface area contributed by atoms with Gasteiger partial charge in [-0.15, -0.1) is 0 Å². The first kappa shape index (κ1) is 29.1. The topological polar surface area (TPSA) is 25.8 Å². The van der Waals surface area contributed by atoms with E-state index in [9.17, 15) is 26.3 Å². The number of halogens is 6. The highest BCUT2D eigenvalue weighted by Crippen LogP contribution is 2.43. The van der Waals surface area contributed by atoms with Gasteiger partial charge in [0.2, 0.25) is 0 Å². The maximum absolute atomic E-state index is 13.1. The molecule has 4 aromatic carbocycles. The van der Waals surface area contributed by atoms with Crippen molar-refractivity contribution in [2.45, 2.75) is 30.9 Å². The summed E-state index contributed by atoms with van der Waals surface area (Å²) in [5, 5.41) is 0.334. The average Bonchev–Trinajstić information content (AvgIpc) is 2.93.